The summed E-state index contributed by atoms with van der Waals surface area (Å²) in [6.45, 7) is 2.46. The maximum absolute atomic E-state index is 10.6. The highest BCUT2D eigenvalue weighted by Crippen LogP contribution is 2.32. The number of nitrogens with zero attached hydrogens (tertiary/aromatic N) is 5. The van der Waals surface area contributed by atoms with Crippen LogP contribution in [0.2, 0.25) is 5.15 Å². The van der Waals surface area contributed by atoms with Gasteiger partial charge in [-0.05, 0) is 19.8 Å². The van der Waals surface area contributed by atoms with Crippen LogP contribution in [0.5, 0.6) is 0 Å². The molecule has 2 heterocycles. The zero-order chi connectivity index (χ0) is 14.3. The topological polar surface area (TPSA) is 66.5 Å². The van der Waals surface area contributed by atoms with Crippen LogP contribution >= 0.6 is 11.6 Å². The highest BCUT2D eigenvalue weighted by molar-refractivity contribution is 6.30. The van der Waals surface area contributed by atoms with Crippen molar-refractivity contribution in [3.05, 3.63) is 17.0 Å². The average molecular weight is 296 g/mol. The van der Waals surface area contributed by atoms with Gasteiger partial charge in [0.25, 0.3) is 5.78 Å². The molecule has 20 heavy (non-hydrogen) atoms. The van der Waals surface area contributed by atoms with Crippen LogP contribution in [0.15, 0.2) is 6.33 Å². The second kappa shape index (κ2) is 4.86. The van der Waals surface area contributed by atoms with Crippen LogP contribution in [-0.4, -0.2) is 43.9 Å². The standard InChI is InChI=1S/C13H18ClN5O/c1-9-10(14)17-12-15-8-16-19(12)11(9)18(2)7-13(20)5-3-4-6-13/h8,20H,3-7H2,1-2H3. The Bertz CT molecular complexity index is 635. The molecule has 7 heteroatoms. The van der Waals surface area contributed by atoms with E-state index in [0.29, 0.717) is 17.5 Å². The summed E-state index contributed by atoms with van der Waals surface area (Å²) in [6, 6.07) is 0. The smallest absolute Gasteiger partial charge is 0.255 e. The van der Waals surface area contributed by atoms with Gasteiger partial charge in [0.1, 0.15) is 17.3 Å². The molecule has 0 amide bonds. The molecule has 1 aliphatic carbocycles. The fraction of sp³-hybridized carbons (Fsp3) is 0.615. The van der Waals surface area contributed by atoms with E-state index in [0.717, 1.165) is 37.1 Å². The van der Waals surface area contributed by atoms with Crippen molar-refractivity contribution in [2.24, 2.45) is 0 Å². The third-order valence-corrected chi connectivity index (χ3v) is 4.37. The quantitative estimate of drug-likeness (QED) is 0.875. The van der Waals surface area contributed by atoms with E-state index < -0.39 is 5.60 Å². The van der Waals surface area contributed by atoms with Crippen molar-refractivity contribution in [1.29, 1.82) is 0 Å². The maximum Gasteiger partial charge on any atom is 0.255 e. The molecule has 2 aromatic heterocycles. The van der Waals surface area contributed by atoms with E-state index in [1.54, 1.807) is 4.52 Å². The van der Waals surface area contributed by atoms with Crippen molar-refractivity contribution in [2.45, 2.75) is 38.2 Å². The van der Waals surface area contributed by atoms with E-state index in [4.69, 9.17) is 11.6 Å². The fourth-order valence-corrected chi connectivity index (χ4v) is 3.20. The molecule has 2 aromatic rings. The minimum absolute atomic E-state index is 0.422. The summed E-state index contributed by atoms with van der Waals surface area (Å²) in [5, 5.41) is 15.2. The Morgan fingerprint density at radius 1 is 1.45 bits per heavy atom. The Morgan fingerprint density at radius 3 is 2.85 bits per heavy atom. The van der Waals surface area contributed by atoms with Gasteiger partial charge in [-0.1, -0.05) is 24.4 Å². The zero-order valence-electron chi connectivity index (χ0n) is 11.7. The molecule has 0 spiro atoms. The van der Waals surface area contributed by atoms with Gasteiger partial charge in [-0.3, -0.25) is 0 Å². The van der Waals surface area contributed by atoms with Gasteiger partial charge in [0.2, 0.25) is 0 Å². The van der Waals surface area contributed by atoms with E-state index in [1.165, 1.54) is 6.33 Å². The number of aromatic nitrogens is 4. The molecule has 6 nitrogen and oxygen atoms in total. The Labute approximate surface area is 122 Å². The lowest BCUT2D eigenvalue weighted by atomic mass is 10.0. The van der Waals surface area contributed by atoms with E-state index in [-0.39, 0.29) is 0 Å². The number of anilines is 1. The molecule has 0 saturated heterocycles. The summed E-state index contributed by atoms with van der Waals surface area (Å²) in [6.07, 6.45) is 5.31. The summed E-state index contributed by atoms with van der Waals surface area (Å²) >= 11 is 6.16. The van der Waals surface area contributed by atoms with E-state index in [1.807, 2.05) is 18.9 Å². The molecule has 108 valence electrons. The molecule has 0 radical (unpaired) electrons. The van der Waals surface area contributed by atoms with Gasteiger partial charge in [0.05, 0.1) is 5.60 Å². The third kappa shape index (κ3) is 2.23. The summed E-state index contributed by atoms with van der Waals surface area (Å²) in [5.74, 6) is 1.30. The summed E-state index contributed by atoms with van der Waals surface area (Å²) in [4.78, 5) is 10.3. The van der Waals surface area contributed by atoms with Crippen LogP contribution < -0.4 is 4.90 Å². The average Bonchev–Trinajstić information content (AvgIpc) is 2.99. The number of aliphatic hydroxyl groups is 1. The van der Waals surface area contributed by atoms with Crippen LogP contribution in [0.25, 0.3) is 5.78 Å². The van der Waals surface area contributed by atoms with E-state index in [2.05, 4.69) is 15.1 Å². The summed E-state index contributed by atoms with van der Waals surface area (Å²) in [5.41, 5.74) is 0.220. The highest BCUT2D eigenvalue weighted by Gasteiger charge is 2.33. The Hall–Kier alpha value is -1.40. The molecule has 3 rings (SSSR count). The van der Waals surface area contributed by atoms with Gasteiger partial charge >= 0.3 is 0 Å². The lowest BCUT2D eigenvalue weighted by molar-refractivity contribution is 0.0557. The van der Waals surface area contributed by atoms with Gasteiger partial charge in [0, 0.05) is 19.2 Å². The highest BCUT2D eigenvalue weighted by atomic mass is 35.5. The zero-order valence-corrected chi connectivity index (χ0v) is 12.4. The maximum atomic E-state index is 10.6. The Kier molecular flexibility index (Phi) is 3.30. The number of hydrogen-bond acceptors (Lipinski definition) is 5. The molecule has 1 N–H and O–H groups in total. The fourth-order valence-electron chi connectivity index (χ4n) is 3.04. The Morgan fingerprint density at radius 2 is 2.15 bits per heavy atom. The third-order valence-electron chi connectivity index (χ3n) is 4.00. The van der Waals surface area contributed by atoms with Crippen LogP contribution in [0.1, 0.15) is 31.2 Å². The second-order valence-corrected chi connectivity index (χ2v) is 5.97. The molecule has 1 fully saturated rings. The van der Waals surface area contributed by atoms with Crippen LogP contribution in [-0.2, 0) is 0 Å². The van der Waals surface area contributed by atoms with Gasteiger partial charge in [-0.2, -0.15) is 19.6 Å². The Balaban J connectivity index is 2.00. The van der Waals surface area contributed by atoms with Crippen LogP contribution in [0.4, 0.5) is 5.82 Å². The normalized spacial score (nSPS) is 17.8. The van der Waals surface area contributed by atoms with Gasteiger partial charge < -0.3 is 10.0 Å². The number of hydrogen-bond donors (Lipinski definition) is 1. The monoisotopic (exact) mass is 295 g/mol. The van der Waals surface area contributed by atoms with Gasteiger partial charge in [-0.25, -0.2) is 0 Å². The van der Waals surface area contributed by atoms with Crippen LogP contribution in [0.3, 0.4) is 0 Å². The first-order valence-corrected chi connectivity index (χ1v) is 7.17. The molecule has 1 saturated carbocycles. The SMILES string of the molecule is Cc1c(Cl)nc2ncnn2c1N(C)CC1(O)CCCC1. The number of halogens is 1. The van der Waals surface area contributed by atoms with E-state index in [9.17, 15) is 5.11 Å². The minimum Gasteiger partial charge on any atom is -0.388 e. The predicted octanol–water partition coefficient (Wildman–Crippen LogP) is 1.83. The van der Waals surface area contributed by atoms with Crippen molar-refractivity contribution < 1.29 is 5.11 Å². The van der Waals surface area contributed by atoms with Crippen molar-refractivity contribution in [3.63, 3.8) is 0 Å². The van der Waals surface area contributed by atoms with Crippen molar-refractivity contribution in [3.8, 4) is 0 Å². The van der Waals surface area contributed by atoms with E-state index >= 15 is 0 Å². The number of likely N-dealkylation sites (N-methyl/N-ethyl adjacent to an activating group) is 1. The summed E-state index contributed by atoms with van der Waals surface area (Å²) < 4.78 is 1.67. The number of fused-ring (bicyclic) bond motifs is 1. The largest absolute Gasteiger partial charge is 0.388 e. The second-order valence-electron chi connectivity index (χ2n) is 5.61. The molecular weight excluding hydrogens is 278 g/mol. The van der Waals surface area contributed by atoms with Gasteiger partial charge in [-0.15, -0.1) is 0 Å². The first-order valence-electron chi connectivity index (χ1n) is 6.79. The van der Waals surface area contributed by atoms with Crippen LogP contribution in [0, 0.1) is 6.92 Å². The molecule has 0 aliphatic heterocycles. The molecule has 1 aliphatic rings. The minimum atomic E-state index is -0.621. The van der Waals surface area contributed by atoms with Gasteiger partial charge in [0.15, 0.2) is 0 Å². The van der Waals surface area contributed by atoms with Crippen molar-refractivity contribution >= 4 is 23.2 Å². The predicted molar refractivity (Wildman–Crippen MR) is 77.2 cm³/mol. The molecule has 0 unspecified atom stereocenters. The van der Waals surface area contributed by atoms with Crippen molar-refractivity contribution in [2.75, 3.05) is 18.5 Å². The molecule has 0 bridgehead atoms. The number of rotatable bonds is 3. The lowest BCUT2D eigenvalue weighted by Gasteiger charge is -2.30. The van der Waals surface area contributed by atoms with Crippen molar-refractivity contribution in [1.82, 2.24) is 19.6 Å². The molecule has 0 atom stereocenters. The first kappa shape index (κ1) is 13.6. The first-order chi connectivity index (χ1) is 9.50. The lowest BCUT2D eigenvalue weighted by Crippen LogP contribution is -2.40. The summed E-state index contributed by atoms with van der Waals surface area (Å²) in [7, 11) is 1.94. The molecule has 0 aromatic carbocycles. The molecular formula is C13H18ClN5O.